The molecule has 2 N–H and O–H groups in total. The van der Waals surface area contributed by atoms with Crippen LogP contribution in [0.15, 0.2) is 78.9 Å². The van der Waals surface area contributed by atoms with Gasteiger partial charge in [0, 0.05) is 23.7 Å². The number of benzene rings is 3. The summed E-state index contributed by atoms with van der Waals surface area (Å²) in [6.45, 7) is -0.107. The first kappa shape index (κ1) is 19.7. The monoisotopic (exact) mass is 400 g/mol. The van der Waals surface area contributed by atoms with Gasteiger partial charge < -0.3 is 15.4 Å². The fraction of sp³-hybridized carbons (Fsp3) is 0.200. The Morgan fingerprint density at radius 3 is 2.47 bits per heavy atom. The molecule has 0 aromatic heterocycles. The highest BCUT2D eigenvalue weighted by Crippen LogP contribution is 2.22. The standard InChI is InChI=1S/C25H24N2O3/c28-24(26-22-11-6-10-20(16-22)25(29)27-21-13-14-21)17-30-23-12-5-4-9-19(23)15-18-7-2-1-3-8-18/h1-12,16,21H,13-15,17H2,(H,26,28)(H,27,29). The highest BCUT2D eigenvalue weighted by molar-refractivity contribution is 5.97. The van der Waals surface area contributed by atoms with Crippen molar-refractivity contribution in [2.75, 3.05) is 11.9 Å². The molecule has 5 heteroatoms. The van der Waals surface area contributed by atoms with Crippen LogP contribution in [0.1, 0.15) is 34.3 Å². The zero-order chi connectivity index (χ0) is 20.8. The van der Waals surface area contributed by atoms with Crippen molar-refractivity contribution in [3.63, 3.8) is 0 Å². The molecule has 0 radical (unpaired) electrons. The minimum atomic E-state index is -0.274. The molecule has 0 saturated heterocycles. The van der Waals surface area contributed by atoms with Crippen molar-refractivity contribution in [3.05, 3.63) is 95.6 Å². The molecule has 3 aromatic rings. The fourth-order valence-electron chi connectivity index (χ4n) is 3.18. The molecular weight excluding hydrogens is 376 g/mol. The molecule has 0 atom stereocenters. The number of carbonyl (C=O) groups is 2. The molecule has 152 valence electrons. The lowest BCUT2D eigenvalue weighted by molar-refractivity contribution is -0.118. The lowest BCUT2D eigenvalue weighted by Crippen LogP contribution is -2.25. The molecule has 0 spiro atoms. The summed E-state index contributed by atoms with van der Waals surface area (Å²) in [5.41, 5.74) is 3.31. The van der Waals surface area contributed by atoms with Crippen LogP contribution in [-0.2, 0) is 11.2 Å². The zero-order valence-corrected chi connectivity index (χ0v) is 16.6. The molecule has 0 bridgehead atoms. The number of para-hydroxylation sites is 1. The van der Waals surface area contributed by atoms with E-state index in [1.807, 2.05) is 42.5 Å². The second-order valence-electron chi connectivity index (χ2n) is 7.44. The number of hydrogen-bond acceptors (Lipinski definition) is 3. The Morgan fingerprint density at radius 2 is 1.67 bits per heavy atom. The van der Waals surface area contributed by atoms with E-state index in [0.29, 0.717) is 23.0 Å². The Balaban J connectivity index is 1.35. The third-order valence-electron chi connectivity index (χ3n) is 4.89. The van der Waals surface area contributed by atoms with Crippen molar-refractivity contribution in [1.82, 2.24) is 5.32 Å². The van der Waals surface area contributed by atoms with Gasteiger partial charge in [0.25, 0.3) is 11.8 Å². The van der Waals surface area contributed by atoms with Crippen molar-refractivity contribution >= 4 is 17.5 Å². The van der Waals surface area contributed by atoms with Gasteiger partial charge in [0.15, 0.2) is 6.61 Å². The Kier molecular flexibility index (Phi) is 6.09. The number of anilines is 1. The largest absolute Gasteiger partial charge is 0.483 e. The fourth-order valence-corrected chi connectivity index (χ4v) is 3.18. The molecule has 0 unspecified atom stereocenters. The minimum absolute atomic E-state index is 0.107. The van der Waals surface area contributed by atoms with E-state index in [0.717, 1.165) is 24.8 Å². The predicted molar refractivity (Wildman–Crippen MR) is 117 cm³/mol. The lowest BCUT2D eigenvalue weighted by Gasteiger charge is -2.12. The van der Waals surface area contributed by atoms with Gasteiger partial charge in [-0.05, 0) is 48.2 Å². The number of nitrogens with one attached hydrogen (secondary N) is 2. The summed E-state index contributed by atoms with van der Waals surface area (Å²) >= 11 is 0. The molecule has 2 amide bonds. The molecule has 1 saturated carbocycles. The van der Waals surface area contributed by atoms with Crippen molar-refractivity contribution < 1.29 is 14.3 Å². The van der Waals surface area contributed by atoms with Gasteiger partial charge in [0.2, 0.25) is 0 Å². The average molecular weight is 400 g/mol. The van der Waals surface area contributed by atoms with E-state index in [4.69, 9.17) is 4.74 Å². The maximum absolute atomic E-state index is 12.4. The van der Waals surface area contributed by atoms with E-state index < -0.39 is 0 Å². The van der Waals surface area contributed by atoms with E-state index >= 15 is 0 Å². The Bertz CT molecular complexity index is 1030. The van der Waals surface area contributed by atoms with Gasteiger partial charge in [0.05, 0.1) is 0 Å². The second-order valence-corrected chi connectivity index (χ2v) is 7.44. The molecule has 1 aliphatic rings. The van der Waals surface area contributed by atoms with Crippen LogP contribution in [0.5, 0.6) is 5.75 Å². The third-order valence-corrected chi connectivity index (χ3v) is 4.89. The maximum atomic E-state index is 12.4. The van der Waals surface area contributed by atoms with E-state index in [9.17, 15) is 9.59 Å². The van der Waals surface area contributed by atoms with Crippen LogP contribution in [0.2, 0.25) is 0 Å². The van der Waals surface area contributed by atoms with Crippen molar-refractivity contribution in [1.29, 1.82) is 0 Å². The molecule has 30 heavy (non-hydrogen) atoms. The van der Waals surface area contributed by atoms with E-state index in [1.54, 1.807) is 24.3 Å². The third kappa shape index (κ3) is 5.47. The van der Waals surface area contributed by atoms with Gasteiger partial charge in [-0.3, -0.25) is 9.59 Å². The summed E-state index contributed by atoms with van der Waals surface area (Å²) in [5.74, 6) is 0.304. The molecule has 5 nitrogen and oxygen atoms in total. The first-order valence-electron chi connectivity index (χ1n) is 10.1. The average Bonchev–Trinajstić information content (AvgIpc) is 3.58. The topological polar surface area (TPSA) is 67.4 Å². The predicted octanol–water partition coefficient (Wildman–Crippen LogP) is 4.19. The molecule has 0 heterocycles. The van der Waals surface area contributed by atoms with Crippen LogP contribution in [-0.4, -0.2) is 24.5 Å². The Labute approximate surface area is 176 Å². The van der Waals surface area contributed by atoms with Crippen LogP contribution in [0.25, 0.3) is 0 Å². The summed E-state index contributed by atoms with van der Waals surface area (Å²) in [4.78, 5) is 24.6. The highest BCUT2D eigenvalue weighted by Gasteiger charge is 2.23. The van der Waals surface area contributed by atoms with Crippen molar-refractivity contribution in [2.45, 2.75) is 25.3 Å². The van der Waals surface area contributed by atoms with Gasteiger partial charge in [0.1, 0.15) is 5.75 Å². The molecule has 0 aliphatic heterocycles. The summed E-state index contributed by atoms with van der Waals surface area (Å²) in [6, 6.07) is 25.1. The number of rotatable bonds is 8. The summed E-state index contributed by atoms with van der Waals surface area (Å²) in [6.07, 6.45) is 2.80. The number of hydrogen-bond donors (Lipinski definition) is 2. The maximum Gasteiger partial charge on any atom is 0.262 e. The number of carbonyl (C=O) groups excluding carboxylic acids is 2. The van der Waals surface area contributed by atoms with Crippen LogP contribution >= 0.6 is 0 Å². The van der Waals surface area contributed by atoms with E-state index in [1.165, 1.54) is 5.56 Å². The van der Waals surface area contributed by atoms with Crippen molar-refractivity contribution in [3.8, 4) is 5.75 Å². The molecule has 3 aromatic carbocycles. The van der Waals surface area contributed by atoms with Gasteiger partial charge in [-0.25, -0.2) is 0 Å². The first-order valence-corrected chi connectivity index (χ1v) is 10.1. The second kappa shape index (κ2) is 9.27. The smallest absolute Gasteiger partial charge is 0.262 e. The van der Waals surface area contributed by atoms with Gasteiger partial charge >= 0.3 is 0 Å². The summed E-state index contributed by atoms with van der Waals surface area (Å²) < 4.78 is 5.79. The Morgan fingerprint density at radius 1 is 0.900 bits per heavy atom. The van der Waals surface area contributed by atoms with Gasteiger partial charge in [-0.1, -0.05) is 54.6 Å². The Hall–Kier alpha value is -3.60. The first-order chi connectivity index (χ1) is 14.7. The van der Waals surface area contributed by atoms with Crippen LogP contribution in [0.4, 0.5) is 5.69 Å². The van der Waals surface area contributed by atoms with E-state index in [2.05, 4.69) is 22.8 Å². The molecule has 4 rings (SSSR count). The normalized spacial score (nSPS) is 12.8. The summed E-state index contributed by atoms with van der Waals surface area (Å²) in [7, 11) is 0. The minimum Gasteiger partial charge on any atom is -0.483 e. The zero-order valence-electron chi connectivity index (χ0n) is 16.6. The molecule has 1 aliphatic carbocycles. The molecule has 1 fully saturated rings. The number of ether oxygens (including phenoxy) is 1. The van der Waals surface area contributed by atoms with E-state index in [-0.39, 0.29) is 18.4 Å². The summed E-state index contributed by atoms with van der Waals surface area (Å²) in [5, 5.41) is 5.75. The number of amides is 2. The van der Waals surface area contributed by atoms with Crippen LogP contribution in [0, 0.1) is 0 Å². The molecular formula is C25H24N2O3. The van der Waals surface area contributed by atoms with Gasteiger partial charge in [-0.2, -0.15) is 0 Å². The van der Waals surface area contributed by atoms with Crippen LogP contribution in [0.3, 0.4) is 0 Å². The highest BCUT2D eigenvalue weighted by atomic mass is 16.5. The van der Waals surface area contributed by atoms with Crippen LogP contribution < -0.4 is 15.4 Å². The SMILES string of the molecule is O=C(COc1ccccc1Cc1ccccc1)Nc1cccc(C(=O)NC2CC2)c1. The van der Waals surface area contributed by atoms with Gasteiger partial charge in [-0.15, -0.1) is 0 Å². The van der Waals surface area contributed by atoms with Crippen molar-refractivity contribution in [2.24, 2.45) is 0 Å². The quantitative estimate of drug-likeness (QED) is 0.596. The lowest BCUT2D eigenvalue weighted by atomic mass is 10.0.